The van der Waals surface area contributed by atoms with Gasteiger partial charge < -0.3 is 0 Å². The van der Waals surface area contributed by atoms with Gasteiger partial charge in [-0.3, -0.25) is 0 Å². The molecule has 0 saturated heterocycles. The van der Waals surface area contributed by atoms with Crippen LogP contribution in [0.4, 0.5) is 0 Å². The highest BCUT2D eigenvalue weighted by atomic mass is 13.9. The van der Waals surface area contributed by atoms with Gasteiger partial charge in [0, 0.05) is 0 Å². The van der Waals surface area contributed by atoms with Gasteiger partial charge in [-0.05, 0) is 17.7 Å². The minimum absolute atomic E-state index is 0.0583. The first kappa shape index (κ1) is 2.63. The summed E-state index contributed by atoms with van der Waals surface area (Å²) in [5.41, 5.74) is 0.360. The van der Waals surface area contributed by atoms with Gasteiger partial charge in [0.25, 0.3) is 0 Å². The summed E-state index contributed by atoms with van der Waals surface area (Å²) in [5, 5.41) is 0.418. The lowest BCUT2D eigenvalue weighted by atomic mass is 10.1. The molecule has 0 aliphatic carbocycles. The van der Waals surface area contributed by atoms with E-state index < -0.39 is 0 Å². The summed E-state index contributed by atoms with van der Waals surface area (Å²) in [6.07, 6.45) is 0. The second kappa shape index (κ2) is 2.39. The zero-order valence-electron chi connectivity index (χ0n) is 12.1. The first-order chi connectivity index (χ1) is 7.86. The van der Waals surface area contributed by atoms with Crippen LogP contribution >= 0.6 is 0 Å². The van der Waals surface area contributed by atoms with Crippen molar-refractivity contribution in [1.29, 1.82) is 0 Å². The molecule has 0 heterocycles. The number of hydrogen-bond acceptors (Lipinski definition) is 0. The summed E-state index contributed by atoms with van der Waals surface area (Å²) in [6.45, 7) is 1.57. The molecule has 54 valence electrons. The second-order valence-corrected chi connectivity index (χ2v) is 2.33. The molecule has 2 aromatic rings. The minimum Gasteiger partial charge on any atom is -0.0616 e. The lowest BCUT2D eigenvalue weighted by Gasteiger charge is -1.96. The van der Waals surface area contributed by atoms with Crippen molar-refractivity contribution >= 4 is 10.8 Å². The van der Waals surface area contributed by atoms with Crippen LogP contribution in [0.25, 0.3) is 10.8 Å². The molecule has 0 fully saturated rings. The number of hydrogen-bond donors (Lipinski definition) is 0. The fourth-order valence-corrected chi connectivity index (χ4v) is 0.933. The average Bonchev–Trinajstić information content (AvgIpc) is 2.30. The SMILES string of the molecule is [2H]c1cc2c([2H])c(C)c([2H])c([2H])c2c([2H])c1[2H]. The lowest BCUT2D eigenvalue weighted by molar-refractivity contribution is 1.51. The van der Waals surface area contributed by atoms with Crippen molar-refractivity contribution in [2.75, 3.05) is 0 Å². The van der Waals surface area contributed by atoms with Crippen LogP contribution in [0, 0.1) is 6.92 Å². The summed E-state index contributed by atoms with van der Waals surface area (Å²) >= 11 is 0. The molecule has 0 aliphatic heterocycles. The average molecular weight is 148 g/mol. The molecule has 0 radical (unpaired) electrons. The maximum Gasteiger partial charge on any atom is 0.0632 e. The Morgan fingerprint density at radius 1 is 1.09 bits per heavy atom. The molecule has 0 aromatic heterocycles. The summed E-state index contributed by atoms with van der Waals surface area (Å²) in [6, 6.07) is 0.492. The summed E-state index contributed by atoms with van der Waals surface area (Å²) in [7, 11) is 0. The maximum atomic E-state index is 7.86. The van der Waals surface area contributed by atoms with Crippen LogP contribution in [0.5, 0.6) is 0 Å². The van der Waals surface area contributed by atoms with Crippen molar-refractivity contribution in [3.8, 4) is 0 Å². The Balaban J connectivity index is 3.12. The van der Waals surface area contributed by atoms with E-state index in [9.17, 15) is 0 Å². The summed E-state index contributed by atoms with van der Waals surface area (Å²) in [5.74, 6) is 0. The van der Waals surface area contributed by atoms with E-state index >= 15 is 0 Å². The molecule has 0 heteroatoms. The lowest BCUT2D eigenvalue weighted by Crippen LogP contribution is -1.73. The molecule has 0 bridgehead atoms. The standard InChI is InChI=1S/C11H10/c1-9-6-7-10-4-2-3-5-11(10)8-9/h2-8H,1H3/i2D,3D,4D,6D,7D,8D. The first-order valence-electron chi connectivity index (χ1n) is 6.33. The molecule has 2 aromatic carbocycles. The molecule has 11 heavy (non-hydrogen) atoms. The Morgan fingerprint density at radius 3 is 2.91 bits per heavy atom. The maximum absolute atomic E-state index is 7.86. The van der Waals surface area contributed by atoms with Crippen molar-refractivity contribution < 1.29 is 8.22 Å². The smallest absolute Gasteiger partial charge is 0.0616 e. The van der Waals surface area contributed by atoms with E-state index in [1.165, 1.54) is 6.07 Å². The minimum atomic E-state index is -0.270. The zero-order valence-corrected chi connectivity index (χ0v) is 6.08. The number of fused-ring (bicyclic) bond motifs is 1. The topological polar surface area (TPSA) is 0 Å². The van der Waals surface area contributed by atoms with E-state index in [1.807, 2.05) is 0 Å². The van der Waals surface area contributed by atoms with Gasteiger partial charge in [-0.15, -0.1) is 0 Å². The Bertz CT molecular complexity index is 624. The largest absolute Gasteiger partial charge is 0.0632 e. The van der Waals surface area contributed by atoms with Gasteiger partial charge in [0.2, 0.25) is 0 Å². The number of rotatable bonds is 0. The second-order valence-electron chi connectivity index (χ2n) is 2.33. The van der Waals surface area contributed by atoms with Crippen molar-refractivity contribution in [2.45, 2.75) is 6.92 Å². The molecule has 0 N–H and O–H groups in total. The van der Waals surface area contributed by atoms with Crippen LogP contribution in [0.15, 0.2) is 42.3 Å². The molecule has 0 atom stereocenters. The van der Waals surface area contributed by atoms with Gasteiger partial charge in [-0.25, -0.2) is 0 Å². The van der Waals surface area contributed by atoms with E-state index in [4.69, 9.17) is 8.22 Å². The monoisotopic (exact) mass is 148 g/mol. The van der Waals surface area contributed by atoms with Gasteiger partial charge in [0.05, 0.1) is 8.22 Å². The van der Waals surface area contributed by atoms with Crippen LogP contribution in [-0.4, -0.2) is 0 Å². The van der Waals surface area contributed by atoms with E-state index in [0.29, 0.717) is 10.9 Å². The van der Waals surface area contributed by atoms with E-state index in [0.717, 1.165) is 0 Å². The third-order valence-corrected chi connectivity index (χ3v) is 1.44. The molecular weight excluding hydrogens is 132 g/mol. The highest BCUT2D eigenvalue weighted by molar-refractivity contribution is 5.82. The van der Waals surface area contributed by atoms with Crippen LogP contribution in [0.1, 0.15) is 13.8 Å². The molecule has 0 unspecified atom stereocenters. The van der Waals surface area contributed by atoms with Crippen LogP contribution < -0.4 is 0 Å². The van der Waals surface area contributed by atoms with E-state index in [-0.39, 0.29) is 41.6 Å². The Morgan fingerprint density at radius 2 is 2.00 bits per heavy atom. The molecule has 0 spiro atoms. The zero-order chi connectivity index (χ0) is 12.9. The predicted octanol–water partition coefficient (Wildman–Crippen LogP) is 3.15. The van der Waals surface area contributed by atoms with Crippen molar-refractivity contribution in [3.63, 3.8) is 0 Å². The van der Waals surface area contributed by atoms with Gasteiger partial charge >= 0.3 is 0 Å². The molecule has 0 saturated carbocycles. The van der Waals surface area contributed by atoms with Gasteiger partial charge in [-0.1, -0.05) is 47.9 Å². The van der Waals surface area contributed by atoms with Crippen LogP contribution in [-0.2, 0) is 0 Å². The van der Waals surface area contributed by atoms with Gasteiger partial charge in [0.15, 0.2) is 0 Å². The van der Waals surface area contributed by atoms with E-state index in [1.54, 1.807) is 6.92 Å². The highest BCUT2D eigenvalue weighted by Gasteiger charge is 1.89. The van der Waals surface area contributed by atoms with Crippen molar-refractivity contribution in [3.05, 3.63) is 47.9 Å². The molecular formula is C11H10. The van der Waals surface area contributed by atoms with Crippen LogP contribution in [0.2, 0.25) is 0 Å². The fourth-order valence-electron chi connectivity index (χ4n) is 0.933. The fraction of sp³-hybridized carbons (Fsp3) is 0.0909. The predicted molar refractivity (Wildman–Crippen MR) is 48.7 cm³/mol. The van der Waals surface area contributed by atoms with Gasteiger partial charge in [-0.2, -0.15) is 0 Å². The normalized spacial score (nSPS) is 17.9. The number of benzene rings is 2. The van der Waals surface area contributed by atoms with Crippen LogP contribution in [0.3, 0.4) is 0 Å². The summed E-state index contributed by atoms with van der Waals surface area (Å²) in [4.78, 5) is 0. The third kappa shape index (κ3) is 1.12. The van der Waals surface area contributed by atoms with E-state index in [2.05, 4.69) is 0 Å². The summed E-state index contributed by atoms with van der Waals surface area (Å²) < 4.78 is 46.2. The third-order valence-electron chi connectivity index (χ3n) is 1.44. The molecule has 0 aliphatic rings. The first-order valence-corrected chi connectivity index (χ1v) is 3.33. The Kier molecular flexibility index (Phi) is 0.571. The molecule has 0 nitrogen and oxygen atoms in total. The molecule has 2 rings (SSSR count). The van der Waals surface area contributed by atoms with Crippen molar-refractivity contribution in [2.24, 2.45) is 0 Å². The molecule has 0 amide bonds. The Labute approximate surface area is 74.9 Å². The quantitative estimate of drug-likeness (QED) is 0.538. The highest BCUT2D eigenvalue weighted by Crippen LogP contribution is 2.14. The van der Waals surface area contributed by atoms with Crippen molar-refractivity contribution in [1.82, 2.24) is 0 Å². The Hall–Kier alpha value is -1.30. The van der Waals surface area contributed by atoms with Gasteiger partial charge in [0.1, 0.15) is 0 Å².